The van der Waals surface area contributed by atoms with Crippen LogP contribution in [0.15, 0.2) is 48.5 Å². The van der Waals surface area contributed by atoms with Gasteiger partial charge >= 0.3 is 12.4 Å². The first-order chi connectivity index (χ1) is 11.2. The summed E-state index contributed by atoms with van der Waals surface area (Å²) in [5, 5.41) is 0. The molecule has 0 aliphatic heterocycles. The molecule has 0 radical (unpaired) electrons. The van der Waals surface area contributed by atoms with Gasteiger partial charge in [-0.2, -0.15) is 26.3 Å². The predicted molar refractivity (Wildman–Crippen MR) is 91.1 cm³/mol. The molecular weight excluding hydrogens is 405 g/mol. The smallest absolute Gasteiger partial charge is 0.253 e. The lowest BCUT2D eigenvalue weighted by molar-refractivity contribution is -0.138. The van der Waals surface area contributed by atoms with Gasteiger partial charge in [-0.1, -0.05) is 24.3 Å². The van der Waals surface area contributed by atoms with Crippen LogP contribution in [0.5, 0.6) is 0 Å². The molecule has 0 aliphatic carbocycles. The van der Waals surface area contributed by atoms with Gasteiger partial charge in [0.1, 0.15) is 0 Å². The van der Waals surface area contributed by atoms with Gasteiger partial charge in [-0.15, -0.1) is 24.8 Å². The van der Waals surface area contributed by atoms with Crippen molar-refractivity contribution in [2.45, 2.75) is 25.4 Å². The van der Waals surface area contributed by atoms with Gasteiger partial charge in [0.15, 0.2) is 0 Å². The molecule has 0 atom stereocenters. The fourth-order valence-corrected chi connectivity index (χ4v) is 1.95. The summed E-state index contributed by atoms with van der Waals surface area (Å²) < 4.78 is 74.5. The molecule has 10 heteroatoms. The maximum absolute atomic E-state index is 12.4. The molecular formula is C16H16Cl2F6N2. The van der Waals surface area contributed by atoms with Gasteiger partial charge in [0.2, 0.25) is 0 Å². The van der Waals surface area contributed by atoms with Crippen molar-refractivity contribution in [2.24, 2.45) is 0 Å². The molecule has 0 heterocycles. The van der Waals surface area contributed by atoms with Crippen LogP contribution in [0.25, 0.3) is 0 Å². The van der Waals surface area contributed by atoms with Gasteiger partial charge in [-0.3, -0.25) is 10.9 Å². The van der Waals surface area contributed by atoms with Crippen LogP contribution in [-0.2, 0) is 25.4 Å². The van der Waals surface area contributed by atoms with Crippen LogP contribution in [0, 0.1) is 0 Å². The van der Waals surface area contributed by atoms with E-state index in [1.165, 1.54) is 24.3 Å². The number of benzene rings is 2. The minimum absolute atomic E-state index is 0. The second-order valence-electron chi connectivity index (χ2n) is 5.10. The minimum atomic E-state index is -4.37. The summed E-state index contributed by atoms with van der Waals surface area (Å²) in [6.45, 7) is 0.553. The monoisotopic (exact) mass is 420 g/mol. The van der Waals surface area contributed by atoms with E-state index in [2.05, 4.69) is 10.9 Å². The molecule has 0 aromatic heterocycles. The van der Waals surface area contributed by atoms with Crippen molar-refractivity contribution in [1.82, 2.24) is 10.9 Å². The number of alkyl halides is 6. The Balaban J connectivity index is 0.00000312. The van der Waals surface area contributed by atoms with Crippen LogP contribution >= 0.6 is 24.8 Å². The van der Waals surface area contributed by atoms with E-state index in [4.69, 9.17) is 0 Å². The average molecular weight is 421 g/mol. The van der Waals surface area contributed by atoms with E-state index in [9.17, 15) is 26.3 Å². The summed E-state index contributed by atoms with van der Waals surface area (Å²) >= 11 is 0. The van der Waals surface area contributed by atoms with Gasteiger partial charge in [0.05, 0.1) is 11.1 Å². The number of hydrogen-bond acceptors (Lipinski definition) is 2. The lowest BCUT2D eigenvalue weighted by Crippen LogP contribution is -2.30. The Morgan fingerprint density at radius 1 is 0.538 bits per heavy atom. The van der Waals surface area contributed by atoms with E-state index < -0.39 is 23.5 Å². The number of halogens is 8. The Hall–Kier alpha value is -1.48. The topological polar surface area (TPSA) is 24.1 Å². The van der Waals surface area contributed by atoms with E-state index in [-0.39, 0.29) is 37.9 Å². The zero-order valence-electron chi connectivity index (χ0n) is 13.1. The fourth-order valence-electron chi connectivity index (χ4n) is 1.95. The van der Waals surface area contributed by atoms with Gasteiger partial charge in [0.25, 0.3) is 0 Å². The number of rotatable bonds is 5. The maximum Gasteiger partial charge on any atom is 0.416 e. The summed E-state index contributed by atoms with van der Waals surface area (Å²) in [7, 11) is 0. The van der Waals surface area contributed by atoms with E-state index in [0.29, 0.717) is 11.1 Å². The second kappa shape index (κ2) is 10.0. The van der Waals surface area contributed by atoms with Gasteiger partial charge in [-0.05, 0) is 35.4 Å². The molecule has 0 saturated heterocycles. The van der Waals surface area contributed by atoms with E-state index in [0.717, 1.165) is 24.3 Å². The highest BCUT2D eigenvalue weighted by Gasteiger charge is 2.30. The van der Waals surface area contributed by atoms with E-state index >= 15 is 0 Å². The van der Waals surface area contributed by atoms with Crippen molar-refractivity contribution < 1.29 is 26.3 Å². The molecule has 2 nitrogen and oxygen atoms in total. The molecule has 0 bridgehead atoms. The lowest BCUT2D eigenvalue weighted by atomic mass is 10.1. The maximum atomic E-state index is 12.4. The van der Waals surface area contributed by atoms with Crippen LogP contribution in [0.2, 0.25) is 0 Å². The van der Waals surface area contributed by atoms with Crippen LogP contribution in [0.3, 0.4) is 0 Å². The Morgan fingerprint density at radius 2 is 0.808 bits per heavy atom. The molecule has 0 spiro atoms. The Bertz CT molecular complexity index is 595. The first-order valence-electron chi connectivity index (χ1n) is 6.94. The third kappa shape index (κ3) is 7.41. The molecule has 146 valence electrons. The molecule has 0 unspecified atom stereocenters. The highest BCUT2D eigenvalue weighted by atomic mass is 35.5. The van der Waals surface area contributed by atoms with Gasteiger partial charge in [0, 0.05) is 13.1 Å². The fraction of sp³-hybridized carbons (Fsp3) is 0.250. The molecule has 26 heavy (non-hydrogen) atoms. The molecule has 2 aromatic carbocycles. The Kier molecular flexibility index (Phi) is 9.44. The molecule has 2 rings (SSSR count). The van der Waals surface area contributed by atoms with Crippen molar-refractivity contribution in [1.29, 1.82) is 0 Å². The highest BCUT2D eigenvalue weighted by molar-refractivity contribution is 5.85. The molecule has 0 saturated carbocycles. The van der Waals surface area contributed by atoms with Gasteiger partial charge in [-0.25, -0.2) is 0 Å². The first-order valence-corrected chi connectivity index (χ1v) is 6.94. The standard InChI is InChI=1S/C16H14F6N2.2ClH/c17-15(18,19)13-5-1-11(2-6-13)9-23-24-10-12-3-7-14(8-4-12)16(20,21)22;;/h1-8,23-24H,9-10H2;2*1H. The van der Waals surface area contributed by atoms with E-state index in [1.807, 2.05) is 0 Å². The molecule has 2 aromatic rings. The minimum Gasteiger partial charge on any atom is -0.253 e. The first kappa shape index (κ1) is 24.5. The summed E-state index contributed by atoms with van der Waals surface area (Å²) in [6.07, 6.45) is -8.74. The summed E-state index contributed by atoms with van der Waals surface area (Å²) in [6, 6.07) is 9.40. The SMILES string of the molecule is Cl.Cl.FC(F)(F)c1ccc(CNNCc2ccc(C(F)(F)F)cc2)cc1. The summed E-state index contributed by atoms with van der Waals surface area (Å²) in [4.78, 5) is 0. The third-order valence-electron chi connectivity index (χ3n) is 3.27. The molecule has 0 aliphatic rings. The average Bonchev–Trinajstić information content (AvgIpc) is 2.51. The van der Waals surface area contributed by atoms with Crippen LogP contribution < -0.4 is 10.9 Å². The summed E-state index contributed by atoms with van der Waals surface area (Å²) in [5.74, 6) is 0. The van der Waals surface area contributed by atoms with E-state index in [1.54, 1.807) is 0 Å². The predicted octanol–water partition coefficient (Wildman–Crippen LogP) is 5.36. The third-order valence-corrected chi connectivity index (χ3v) is 3.27. The van der Waals surface area contributed by atoms with Crippen molar-refractivity contribution in [2.75, 3.05) is 0 Å². The summed E-state index contributed by atoms with van der Waals surface area (Å²) in [5.41, 5.74) is 5.45. The van der Waals surface area contributed by atoms with Crippen LogP contribution in [0.1, 0.15) is 22.3 Å². The normalized spacial score (nSPS) is 11.5. The lowest BCUT2D eigenvalue weighted by Gasteiger charge is -2.10. The van der Waals surface area contributed by atoms with Crippen LogP contribution in [0.4, 0.5) is 26.3 Å². The van der Waals surface area contributed by atoms with Gasteiger partial charge < -0.3 is 0 Å². The number of hydrogen-bond donors (Lipinski definition) is 2. The van der Waals surface area contributed by atoms with Crippen molar-refractivity contribution >= 4 is 24.8 Å². The van der Waals surface area contributed by atoms with Crippen molar-refractivity contribution in [3.05, 3.63) is 70.8 Å². The molecule has 0 amide bonds. The van der Waals surface area contributed by atoms with Crippen molar-refractivity contribution in [3.8, 4) is 0 Å². The van der Waals surface area contributed by atoms with Crippen LogP contribution in [-0.4, -0.2) is 0 Å². The zero-order valence-corrected chi connectivity index (χ0v) is 14.8. The Morgan fingerprint density at radius 3 is 1.04 bits per heavy atom. The second-order valence-corrected chi connectivity index (χ2v) is 5.10. The molecule has 0 fully saturated rings. The van der Waals surface area contributed by atoms with Crippen molar-refractivity contribution in [3.63, 3.8) is 0 Å². The quantitative estimate of drug-likeness (QED) is 0.386. The highest BCUT2D eigenvalue weighted by Crippen LogP contribution is 2.29. The number of nitrogens with one attached hydrogen (secondary N) is 2. The largest absolute Gasteiger partial charge is 0.416 e. The molecule has 2 N–H and O–H groups in total. The Labute approximate surface area is 158 Å². The number of hydrazine groups is 1. The zero-order chi connectivity index (χ0) is 17.8.